The van der Waals surface area contributed by atoms with Crippen molar-refractivity contribution in [2.75, 3.05) is 11.5 Å². The molecule has 0 atom stereocenters. The molecule has 0 aromatic carbocycles. The molecule has 0 bridgehead atoms. The minimum absolute atomic E-state index is 0.188. The second kappa shape index (κ2) is 5.78. The predicted octanol–water partition coefficient (Wildman–Crippen LogP) is 2.59. The summed E-state index contributed by atoms with van der Waals surface area (Å²) in [7, 11) is 0. The average Bonchev–Trinajstić information content (AvgIpc) is 2.63. The number of carboxylic acid groups (broad SMARTS) is 1. The van der Waals surface area contributed by atoms with Crippen LogP contribution in [-0.2, 0) is 11.2 Å². The number of aliphatic carboxylic acids is 1. The minimum atomic E-state index is -0.740. The van der Waals surface area contributed by atoms with Gasteiger partial charge in [-0.2, -0.15) is 16.9 Å². The number of carboxylic acids is 1. The van der Waals surface area contributed by atoms with Gasteiger partial charge in [-0.3, -0.25) is 9.48 Å². The monoisotopic (exact) mass is 268 g/mol. The summed E-state index contributed by atoms with van der Waals surface area (Å²) in [5.41, 5.74) is 3.27. The van der Waals surface area contributed by atoms with E-state index in [1.54, 1.807) is 0 Å². The van der Waals surface area contributed by atoms with E-state index in [-0.39, 0.29) is 6.42 Å². The summed E-state index contributed by atoms with van der Waals surface area (Å²) in [6.45, 7) is 4.05. The van der Waals surface area contributed by atoms with Crippen molar-refractivity contribution in [1.82, 2.24) is 9.78 Å². The van der Waals surface area contributed by atoms with Crippen LogP contribution in [0.3, 0.4) is 0 Å². The fourth-order valence-electron chi connectivity index (χ4n) is 2.58. The smallest absolute Gasteiger partial charge is 0.303 e. The van der Waals surface area contributed by atoms with Gasteiger partial charge in [-0.1, -0.05) is 0 Å². The van der Waals surface area contributed by atoms with Gasteiger partial charge in [0.15, 0.2) is 0 Å². The average molecular weight is 268 g/mol. The summed E-state index contributed by atoms with van der Waals surface area (Å²) >= 11 is 2.01. The molecule has 1 aliphatic rings. The Morgan fingerprint density at radius 3 is 2.72 bits per heavy atom. The second-order valence-electron chi connectivity index (χ2n) is 4.83. The number of rotatable bonds is 4. The first-order chi connectivity index (χ1) is 8.59. The van der Waals surface area contributed by atoms with Crippen LogP contribution in [0.4, 0.5) is 0 Å². The molecule has 1 N–H and O–H groups in total. The van der Waals surface area contributed by atoms with Crippen molar-refractivity contribution in [3.63, 3.8) is 0 Å². The molecule has 100 valence electrons. The van der Waals surface area contributed by atoms with Gasteiger partial charge in [-0.15, -0.1) is 0 Å². The van der Waals surface area contributed by atoms with Crippen LogP contribution in [0.2, 0.25) is 0 Å². The quantitative estimate of drug-likeness (QED) is 0.912. The van der Waals surface area contributed by atoms with Gasteiger partial charge in [0.25, 0.3) is 0 Å². The summed E-state index contributed by atoms with van der Waals surface area (Å²) in [4.78, 5) is 10.7. The van der Waals surface area contributed by atoms with Gasteiger partial charge in [0.05, 0.1) is 11.7 Å². The maximum absolute atomic E-state index is 10.7. The molecule has 1 aromatic rings. The molecule has 1 saturated heterocycles. The van der Waals surface area contributed by atoms with Crippen molar-refractivity contribution in [3.8, 4) is 0 Å². The molecule has 1 fully saturated rings. The topological polar surface area (TPSA) is 55.1 Å². The maximum Gasteiger partial charge on any atom is 0.303 e. The van der Waals surface area contributed by atoms with Crippen LogP contribution in [0, 0.1) is 13.8 Å². The Labute approximate surface area is 112 Å². The maximum atomic E-state index is 10.7. The van der Waals surface area contributed by atoms with E-state index in [1.807, 2.05) is 18.7 Å². The summed E-state index contributed by atoms with van der Waals surface area (Å²) in [5, 5.41) is 13.4. The Hall–Kier alpha value is -0.970. The van der Waals surface area contributed by atoms with E-state index in [2.05, 4.69) is 16.7 Å². The third-order valence-electron chi connectivity index (χ3n) is 3.60. The van der Waals surface area contributed by atoms with Crippen LogP contribution in [0.5, 0.6) is 0 Å². The lowest BCUT2D eigenvalue weighted by atomic mass is 10.1. The highest BCUT2D eigenvalue weighted by Crippen LogP contribution is 2.29. The minimum Gasteiger partial charge on any atom is -0.481 e. The lowest BCUT2D eigenvalue weighted by Crippen LogP contribution is -2.17. The lowest BCUT2D eigenvalue weighted by Gasteiger charge is -2.23. The van der Waals surface area contributed by atoms with Gasteiger partial charge in [0, 0.05) is 12.1 Å². The van der Waals surface area contributed by atoms with E-state index in [1.165, 1.54) is 24.3 Å². The van der Waals surface area contributed by atoms with Gasteiger partial charge in [0.2, 0.25) is 0 Å². The van der Waals surface area contributed by atoms with Gasteiger partial charge >= 0.3 is 5.97 Å². The zero-order chi connectivity index (χ0) is 13.1. The molecule has 1 aromatic heterocycles. The molecule has 0 spiro atoms. The number of aryl methyl sites for hydroxylation is 1. The molecule has 0 amide bonds. The molecular formula is C13H20N2O2S. The first-order valence-corrected chi connectivity index (χ1v) is 7.59. The summed E-state index contributed by atoms with van der Waals surface area (Å²) in [6.07, 6.45) is 3.12. The van der Waals surface area contributed by atoms with Crippen molar-refractivity contribution in [2.45, 2.75) is 45.6 Å². The molecule has 0 unspecified atom stereocenters. The Bertz CT molecular complexity index is 436. The third-order valence-corrected chi connectivity index (χ3v) is 4.65. The summed E-state index contributed by atoms with van der Waals surface area (Å²) < 4.78 is 2.13. The van der Waals surface area contributed by atoms with E-state index >= 15 is 0 Å². The second-order valence-corrected chi connectivity index (χ2v) is 6.06. The lowest BCUT2D eigenvalue weighted by molar-refractivity contribution is -0.136. The number of hydrogen-bond donors (Lipinski definition) is 1. The fraction of sp³-hybridized carbons (Fsp3) is 0.692. The van der Waals surface area contributed by atoms with Crippen molar-refractivity contribution < 1.29 is 9.90 Å². The molecule has 0 aliphatic carbocycles. The van der Waals surface area contributed by atoms with Crippen LogP contribution >= 0.6 is 11.8 Å². The number of hydrogen-bond acceptors (Lipinski definition) is 3. The van der Waals surface area contributed by atoms with E-state index in [9.17, 15) is 4.79 Å². The third kappa shape index (κ3) is 2.88. The number of aromatic nitrogens is 2. The zero-order valence-electron chi connectivity index (χ0n) is 11.0. The van der Waals surface area contributed by atoms with Gasteiger partial charge in [-0.25, -0.2) is 0 Å². The Balaban J connectivity index is 2.16. The zero-order valence-corrected chi connectivity index (χ0v) is 11.8. The molecular weight excluding hydrogens is 248 g/mol. The van der Waals surface area contributed by atoms with Crippen LogP contribution in [0.15, 0.2) is 0 Å². The van der Waals surface area contributed by atoms with Crippen molar-refractivity contribution in [2.24, 2.45) is 0 Å². The highest BCUT2D eigenvalue weighted by molar-refractivity contribution is 7.99. The molecule has 4 nitrogen and oxygen atoms in total. The predicted molar refractivity (Wildman–Crippen MR) is 73.3 cm³/mol. The molecule has 2 heterocycles. The van der Waals surface area contributed by atoms with Gasteiger partial charge < -0.3 is 5.11 Å². The highest BCUT2D eigenvalue weighted by Gasteiger charge is 2.21. The van der Waals surface area contributed by atoms with E-state index < -0.39 is 5.97 Å². The fourth-order valence-corrected chi connectivity index (χ4v) is 3.66. The largest absolute Gasteiger partial charge is 0.481 e. The number of thioether (sulfide) groups is 1. The molecule has 5 heteroatoms. The summed E-state index contributed by atoms with van der Waals surface area (Å²) in [5.74, 6) is 1.66. The normalized spacial score (nSPS) is 17.0. The first-order valence-electron chi connectivity index (χ1n) is 6.43. The number of nitrogens with zero attached hydrogens (tertiary/aromatic N) is 2. The van der Waals surface area contributed by atoms with Crippen LogP contribution in [-0.4, -0.2) is 32.4 Å². The standard InChI is InChI=1S/C13H20N2O2S/c1-9-12(3-4-13(16)17)10(2)15(14-9)11-5-7-18-8-6-11/h11H,3-8H2,1-2H3,(H,16,17). The summed E-state index contributed by atoms with van der Waals surface area (Å²) in [6, 6.07) is 0.503. The molecule has 2 rings (SSSR count). The Morgan fingerprint density at radius 1 is 1.44 bits per heavy atom. The van der Waals surface area contributed by atoms with Gasteiger partial charge in [0.1, 0.15) is 0 Å². The van der Waals surface area contributed by atoms with E-state index in [4.69, 9.17) is 5.11 Å². The van der Waals surface area contributed by atoms with Crippen LogP contribution in [0.25, 0.3) is 0 Å². The van der Waals surface area contributed by atoms with Crippen molar-refractivity contribution >= 4 is 17.7 Å². The first kappa shape index (κ1) is 13.5. The van der Waals surface area contributed by atoms with E-state index in [0.717, 1.165) is 17.0 Å². The molecule has 18 heavy (non-hydrogen) atoms. The highest BCUT2D eigenvalue weighted by atomic mass is 32.2. The number of carbonyl (C=O) groups is 1. The Kier molecular flexibility index (Phi) is 4.32. The SMILES string of the molecule is Cc1nn(C2CCSCC2)c(C)c1CCC(=O)O. The molecule has 0 radical (unpaired) electrons. The van der Waals surface area contributed by atoms with Crippen LogP contribution < -0.4 is 0 Å². The van der Waals surface area contributed by atoms with Crippen molar-refractivity contribution in [3.05, 3.63) is 17.0 Å². The Morgan fingerprint density at radius 2 is 2.11 bits per heavy atom. The van der Waals surface area contributed by atoms with Crippen molar-refractivity contribution in [1.29, 1.82) is 0 Å². The van der Waals surface area contributed by atoms with Crippen LogP contribution in [0.1, 0.15) is 42.3 Å². The van der Waals surface area contributed by atoms with E-state index in [0.29, 0.717) is 12.5 Å². The molecule has 1 aliphatic heterocycles. The van der Waals surface area contributed by atoms with Gasteiger partial charge in [-0.05, 0) is 50.2 Å². The molecule has 0 saturated carbocycles.